The van der Waals surface area contributed by atoms with Gasteiger partial charge in [0.2, 0.25) is 0 Å². The van der Waals surface area contributed by atoms with Crippen LogP contribution in [0.4, 0.5) is 0 Å². The standard InChI is InChI=1S/C18H21N5O2/c1-10-20-13-4-3-12(9-15(13)21-10)18(25)22-14-5-6-16(17(14)24)23-8-7-19-11(23)2/h3-4,7-9,14,16-17,24H,5-6H2,1-2H3,(H,20,21)(H,22,25)/t14-,16-,17-/m1/s1. The highest BCUT2D eigenvalue weighted by Gasteiger charge is 2.37. The lowest BCUT2D eigenvalue weighted by molar-refractivity contribution is 0.0812. The molecule has 3 aromatic rings. The molecule has 1 amide bonds. The first-order valence-corrected chi connectivity index (χ1v) is 8.47. The van der Waals surface area contributed by atoms with Crippen LogP contribution in [0.25, 0.3) is 11.0 Å². The number of aliphatic hydroxyl groups is 1. The number of aryl methyl sites for hydroxylation is 2. The number of aromatic nitrogens is 4. The van der Waals surface area contributed by atoms with Gasteiger partial charge in [0, 0.05) is 18.0 Å². The van der Waals surface area contributed by atoms with E-state index in [0.29, 0.717) is 5.56 Å². The van der Waals surface area contributed by atoms with E-state index in [1.165, 1.54) is 0 Å². The molecule has 0 aliphatic heterocycles. The molecule has 0 bridgehead atoms. The lowest BCUT2D eigenvalue weighted by Gasteiger charge is -2.22. The first-order valence-electron chi connectivity index (χ1n) is 8.47. The molecular weight excluding hydrogens is 318 g/mol. The molecule has 2 heterocycles. The van der Waals surface area contributed by atoms with E-state index in [9.17, 15) is 9.90 Å². The lowest BCUT2D eigenvalue weighted by Crippen LogP contribution is -2.42. The number of carbonyl (C=O) groups excluding carboxylic acids is 1. The van der Waals surface area contributed by atoms with Crippen LogP contribution < -0.4 is 5.32 Å². The Hall–Kier alpha value is -2.67. The Morgan fingerprint density at radius 2 is 2.20 bits per heavy atom. The van der Waals surface area contributed by atoms with E-state index in [1.807, 2.05) is 30.7 Å². The van der Waals surface area contributed by atoms with Crippen LogP contribution in [0.15, 0.2) is 30.6 Å². The summed E-state index contributed by atoms with van der Waals surface area (Å²) in [7, 11) is 0. The van der Waals surface area contributed by atoms with Gasteiger partial charge in [0.05, 0.1) is 29.2 Å². The number of imidazole rings is 2. The second-order valence-electron chi connectivity index (χ2n) is 6.65. The van der Waals surface area contributed by atoms with Gasteiger partial charge in [-0.2, -0.15) is 0 Å². The number of rotatable bonds is 3. The van der Waals surface area contributed by atoms with Crippen LogP contribution in [0, 0.1) is 13.8 Å². The molecule has 1 fully saturated rings. The van der Waals surface area contributed by atoms with Crippen molar-refractivity contribution < 1.29 is 9.90 Å². The maximum Gasteiger partial charge on any atom is 0.251 e. The third-order valence-electron chi connectivity index (χ3n) is 4.98. The van der Waals surface area contributed by atoms with Crippen molar-refractivity contribution in [3.05, 3.63) is 47.8 Å². The van der Waals surface area contributed by atoms with Gasteiger partial charge in [0.25, 0.3) is 5.91 Å². The molecule has 1 saturated carbocycles. The molecule has 25 heavy (non-hydrogen) atoms. The van der Waals surface area contributed by atoms with Gasteiger partial charge in [-0.05, 0) is 44.9 Å². The highest BCUT2D eigenvalue weighted by molar-refractivity contribution is 5.97. The molecule has 3 atom stereocenters. The minimum Gasteiger partial charge on any atom is -0.389 e. The predicted molar refractivity (Wildman–Crippen MR) is 93.3 cm³/mol. The van der Waals surface area contributed by atoms with Gasteiger partial charge in [-0.15, -0.1) is 0 Å². The number of hydrogen-bond acceptors (Lipinski definition) is 4. The maximum absolute atomic E-state index is 12.6. The summed E-state index contributed by atoms with van der Waals surface area (Å²) in [6.45, 7) is 3.80. The number of nitrogens with zero attached hydrogens (tertiary/aromatic N) is 3. The summed E-state index contributed by atoms with van der Waals surface area (Å²) < 4.78 is 1.98. The van der Waals surface area contributed by atoms with Gasteiger partial charge in [0.1, 0.15) is 11.6 Å². The van der Waals surface area contributed by atoms with Crippen molar-refractivity contribution >= 4 is 16.9 Å². The van der Waals surface area contributed by atoms with Gasteiger partial charge in [-0.1, -0.05) is 0 Å². The molecule has 3 N–H and O–H groups in total. The van der Waals surface area contributed by atoms with Gasteiger partial charge in [-0.3, -0.25) is 4.79 Å². The molecule has 0 radical (unpaired) electrons. The Bertz CT molecular complexity index is 929. The SMILES string of the molecule is Cc1nc2ccc(C(=O)N[C@@H]3CC[C@@H](n4ccnc4C)[C@@H]3O)cc2[nH]1. The molecule has 1 aliphatic rings. The van der Waals surface area contributed by atoms with Gasteiger partial charge >= 0.3 is 0 Å². The number of carbonyl (C=O) groups is 1. The number of nitrogens with one attached hydrogen (secondary N) is 2. The second-order valence-corrected chi connectivity index (χ2v) is 6.65. The Morgan fingerprint density at radius 1 is 1.36 bits per heavy atom. The molecular formula is C18H21N5O2. The summed E-state index contributed by atoms with van der Waals surface area (Å²) >= 11 is 0. The van der Waals surface area contributed by atoms with E-state index in [2.05, 4.69) is 20.3 Å². The number of fused-ring (bicyclic) bond motifs is 1. The molecule has 7 heteroatoms. The molecule has 1 aliphatic carbocycles. The summed E-state index contributed by atoms with van der Waals surface area (Å²) in [6, 6.07) is 5.07. The third-order valence-corrected chi connectivity index (χ3v) is 4.98. The highest BCUT2D eigenvalue weighted by Crippen LogP contribution is 2.31. The first-order chi connectivity index (χ1) is 12.0. The zero-order valence-electron chi connectivity index (χ0n) is 14.2. The van der Waals surface area contributed by atoms with E-state index in [1.54, 1.807) is 18.3 Å². The predicted octanol–water partition coefficient (Wildman–Crippen LogP) is 1.87. The van der Waals surface area contributed by atoms with Crippen LogP contribution in [0.3, 0.4) is 0 Å². The van der Waals surface area contributed by atoms with Crippen molar-refractivity contribution in [1.82, 2.24) is 24.8 Å². The molecule has 0 spiro atoms. The average Bonchev–Trinajstić information content (AvgIpc) is 3.26. The Labute approximate surface area is 145 Å². The molecule has 1 aromatic carbocycles. The van der Waals surface area contributed by atoms with Crippen molar-refractivity contribution in [2.24, 2.45) is 0 Å². The summed E-state index contributed by atoms with van der Waals surface area (Å²) in [6.07, 6.45) is 4.52. The quantitative estimate of drug-likeness (QED) is 0.679. The van der Waals surface area contributed by atoms with Crippen molar-refractivity contribution in [3.8, 4) is 0 Å². The number of amides is 1. The number of aromatic amines is 1. The van der Waals surface area contributed by atoms with Gasteiger partial charge in [0.15, 0.2) is 0 Å². The molecule has 7 nitrogen and oxygen atoms in total. The number of H-pyrrole nitrogens is 1. The Morgan fingerprint density at radius 3 is 2.96 bits per heavy atom. The van der Waals surface area contributed by atoms with E-state index < -0.39 is 6.10 Å². The highest BCUT2D eigenvalue weighted by atomic mass is 16.3. The van der Waals surface area contributed by atoms with Gasteiger partial charge < -0.3 is 20.0 Å². The fourth-order valence-corrected chi connectivity index (χ4v) is 3.69. The van der Waals surface area contributed by atoms with Crippen LogP contribution in [-0.2, 0) is 0 Å². The minimum absolute atomic E-state index is 0.0504. The second kappa shape index (κ2) is 6.00. The van der Waals surface area contributed by atoms with Crippen LogP contribution in [0.5, 0.6) is 0 Å². The van der Waals surface area contributed by atoms with Crippen molar-refractivity contribution in [3.63, 3.8) is 0 Å². The fraction of sp³-hybridized carbons (Fsp3) is 0.389. The normalized spacial score (nSPS) is 23.2. The monoisotopic (exact) mass is 339 g/mol. The molecule has 4 rings (SSSR count). The average molecular weight is 339 g/mol. The molecule has 0 saturated heterocycles. The number of aliphatic hydroxyl groups excluding tert-OH is 1. The zero-order valence-corrected chi connectivity index (χ0v) is 14.2. The summed E-state index contributed by atoms with van der Waals surface area (Å²) in [5.41, 5.74) is 2.24. The van der Waals surface area contributed by atoms with Crippen LogP contribution >= 0.6 is 0 Å². The van der Waals surface area contributed by atoms with Crippen LogP contribution in [-0.4, -0.2) is 42.7 Å². The summed E-state index contributed by atoms with van der Waals surface area (Å²) in [5.74, 6) is 1.51. The Kier molecular flexibility index (Phi) is 3.80. The summed E-state index contributed by atoms with van der Waals surface area (Å²) in [5, 5.41) is 13.6. The van der Waals surface area contributed by atoms with E-state index >= 15 is 0 Å². The lowest BCUT2D eigenvalue weighted by atomic mass is 10.1. The van der Waals surface area contributed by atoms with Crippen molar-refractivity contribution in [1.29, 1.82) is 0 Å². The molecule has 2 aromatic heterocycles. The Balaban J connectivity index is 1.49. The third kappa shape index (κ3) is 2.80. The van der Waals surface area contributed by atoms with Crippen LogP contribution in [0.2, 0.25) is 0 Å². The first kappa shape index (κ1) is 15.8. The van der Waals surface area contributed by atoms with Crippen LogP contribution in [0.1, 0.15) is 40.9 Å². The largest absolute Gasteiger partial charge is 0.389 e. The van der Waals surface area contributed by atoms with E-state index in [4.69, 9.17) is 0 Å². The van der Waals surface area contributed by atoms with E-state index in [0.717, 1.165) is 35.5 Å². The molecule has 0 unspecified atom stereocenters. The topological polar surface area (TPSA) is 95.8 Å². The van der Waals surface area contributed by atoms with E-state index in [-0.39, 0.29) is 18.0 Å². The van der Waals surface area contributed by atoms with Gasteiger partial charge in [-0.25, -0.2) is 9.97 Å². The fourth-order valence-electron chi connectivity index (χ4n) is 3.69. The van der Waals surface area contributed by atoms with Crippen molar-refractivity contribution in [2.45, 2.75) is 44.9 Å². The smallest absolute Gasteiger partial charge is 0.251 e. The van der Waals surface area contributed by atoms with Crippen molar-refractivity contribution in [2.75, 3.05) is 0 Å². The minimum atomic E-state index is -0.630. The zero-order chi connectivity index (χ0) is 17.6. The number of hydrogen-bond donors (Lipinski definition) is 3. The molecule has 130 valence electrons. The number of benzene rings is 1. The summed E-state index contributed by atoms with van der Waals surface area (Å²) in [4.78, 5) is 24.3. The maximum atomic E-state index is 12.6.